The average molecular weight is 155 g/mol. The number of amides is 1. The summed E-state index contributed by atoms with van der Waals surface area (Å²) in [4.78, 5) is 20.7. The Bertz CT molecular complexity index is 170. The van der Waals surface area contributed by atoms with Crippen LogP contribution in [0.15, 0.2) is 0 Å². The zero-order chi connectivity index (χ0) is 8.27. The Morgan fingerprint density at radius 3 is 2.91 bits per heavy atom. The van der Waals surface area contributed by atoms with Crippen LogP contribution in [-0.4, -0.2) is 30.3 Å². The number of hydrazine groups is 1. The molecule has 0 aromatic rings. The van der Waals surface area contributed by atoms with E-state index in [1.165, 1.54) is 6.92 Å². The molecule has 0 saturated carbocycles. The van der Waals surface area contributed by atoms with Gasteiger partial charge in [0.1, 0.15) is 0 Å². The van der Waals surface area contributed by atoms with E-state index in [9.17, 15) is 9.59 Å². The molecule has 0 spiro atoms. The summed E-state index contributed by atoms with van der Waals surface area (Å²) in [7, 11) is 0. The number of carbonyl (C=O) groups is 1. The summed E-state index contributed by atoms with van der Waals surface area (Å²) in [5, 5.41) is 1.75. The van der Waals surface area contributed by atoms with Crippen molar-refractivity contribution in [2.24, 2.45) is 5.92 Å². The maximum Gasteiger partial charge on any atom is 0.231 e. The molecular weight excluding hydrogens is 144 g/mol. The summed E-state index contributed by atoms with van der Waals surface area (Å²) in [6, 6.07) is 0. The molecule has 1 rings (SSSR count). The minimum atomic E-state index is -0.0865. The lowest BCUT2D eigenvalue weighted by Crippen LogP contribution is -2.39. The summed E-state index contributed by atoms with van der Waals surface area (Å²) < 4.78 is 0. The normalized spacial score (nSPS) is 25.0. The molecule has 1 aliphatic rings. The average Bonchev–Trinajstić information content (AvgIpc) is 2.34. The maximum atomic E-state index is 10.5. The van der Waals surface area contributed by atoms with E-state index in [4.69, 9.17) is 0 Å². The van der Waals surface area contributed by atoms with Gasteiger partial charge in [-0.3, -0.25) is 15.0 Å². The zero-order valence-electron chi connectivity index (χ0n) is 6.46. The van der Waals surface area contributed by atoms with Crippen LogP contribution in [0, 0.1) is 5.92 Å². The smallest absolute Gasteiger partial charge is 0.231 e. The third kappa shape index (κ3) is 2.31. The van der Waals surface area contributed by atoms with Gasteiger partial charge < -0.3 is 0 Å². The molecule has 1 fully saturated rings. The van der Waals surface area contributed by atoms with E-state index >= 15 is 0 Å². The molecule has 0 aromatic carbocycles. The van der Waals surface area contributed by atoms with E-state index in [1.807, 2.05) is 6.29 Å². The van der Waals surface area contributed by atoms with Gasteiger partial charge in [0.25, 0.3) is 0 Å². The fourth-order valence-corrected chi connectivity index (χ4v) is 1.18. The van der Waals surface area contributed by atoms with Crippen LogP contribution in [0.2, 0.25) is 0 Å². The van der Waals surface area contributed by atoms with Crippen LogP contribution in [0.25, 0.3) is 0 Å². The lowest BCUT2D eigenvalue weighted by Gasteiger charge is -2.14. The van der Waals surface area contributed by atoms with Crippen molar-refractivity contribution in [1.29, 1.82) is 0 Å². The molecule has 0 bridgehead atoms. The van der Waals surface area contributed by atoms with Gasteiger partial charge in [0.2, 0.25) is 12.2 Å². The molecule has 1 atom stereocenters. The lowest BCUT2D eigenvalue weighted by atomic mass is 10.1. The number of nitrogens with one attached hydrogen (secondary N) is 1. The molecule has 1 saturated heterocycles. The number of hydrogen-bond acceptors (Lipinski definition) is 3. The molecule has 1 unspecified atom stereocenters. The Balaban J connectivity index is 2.29. The van der Waals surface area contributed by atoms with Crippen molar-refractivity contribution < 1.29 is 9.59 Å². The highest BCUT2D eigenvalue weighted by molar-refractivity contribution is 5.72. The summed E-state index contributed by atoms with van der Waals surface area (Å²) in [6.07, 6.45) is 2.72. The molecule has 61 valence electrons. The van der Waals surface area contributed by atoms with Crippen molar-refractivity contribution in [1.82, 2.24) is 10.4 Å². The van der Waals surface area contributed by atoms with Crippen LogP contribution >= 0.6 is 0 Å². The summed E-state index contributed by atoms with van der Waals surface area (Å²) >= 11 is 0. The zero-order valence-corrected chi connectivity index (χ0v) is 6.46. The predicted molar refractivity (Wildman–Crippen MR) is 39.2 cm³/mol. The first-order valence-corrected chi connectivity index (χ1v) is 3.62. The largest absolute Gasteiger partial charge is 0.291 e. The van der Waals surface area contributed by atoms with Gasteiger partial charge in [-0.05, 0) is 6.42 Å². The lowest BCUT2D eigenvalue weighted by molar-refractivity contribution is -0.123. The fourth-order valence-electron chi connectivity index (χ4n) is 1.18. The highest BCUT2D eigenvalue weighted by Crippen LogP contribution is 2.10. The topological polar surface area (TPSA) is 49.4 Å². The van der Waals surface area contributed by atoms with Crippen molar-refractivity contribution in [3.8, 4) is 0 Å². The Hall–Kier alpha value is -0.900. The van der Waals surface area contributed by atoms with Crippen molar-refractivity contribution in [2.45, 2.75) is 13.3 Å². The van der Waals surface area contributed by atoms with Gasteiger partial charge in [-0.25, -0.2) is 5.01 Å². The van der Waals surface area contributed by atoms with E-state index in [0.29, 0.717) is 6.54 Å². The standard InChI is InChI=1S/C7H11N2O2/c1-6(11)8-9-3-2-7(4-9)5-10/h7H,2-4H2,1H3,(H,8,11). The van der Waals surface area contributed by atoms with Gasteiger partial charge in [-0.15, -0.1) is 0 Å². The van der Waals surface area contributed by atoms with Crippen molar-refractivity contribution in [2.75, 3.05) is 13.1 Å². The SMILES string of the molecule is CC(=O)NN1CCC([C]=O)C1. The van der Waals surface area contributed by atoms with E-state index in [1.54, 1.807) is 5.01 Å². The molecule has 1 radical (unpaired) electrons. The first-order chi connectivity index (χ1) is 5.22. The molecule has 1 amide bonds. The van der Waals surface area contributed by atoms with Gasteiger partial charge in [0.05, 0.1) is 0 Å². The van der Waals surface area contributed by atoms with Gasteiger partial charge in [0.15, 0.2) is 0 Å². The van der Waals surface area contributed by atoms with Crippen LogP contribution in [0.5, 0.6) is 0 Å². The molecule has 4 nitrogen and oxygen atoms in total. The van der Waals surface area contributed by atoms with E-state index in [2.05, 4.69) is 5.43 Å². The minimum Gasteiger partial charge on any atom is -0.291 e. The van der Waals surface area contributed by atoms with Crippen LogP contribution in [-0.2, 0) is 9.59 Å². The van der Waals surface area contributed by atoms with Gasteiger partial charge in [0, 0.05) is 25.9 Å². The Morgan fingerprint density at radius 2 is 2.45 bits per heavy atom. The second kappa shape index (κ2) is 3.48. The van der Waals surface area contributed by atoms with Gasteiger partial charge >= 0.3 is 0 Å². The summed E-state index contributed by atoms with van der Waals surface area (Å²) in [6.45, 7) is 2.81. The monoisotopic (exact) mass is 155 g/mol. The van der Waals surface area contributed by atoms with Crippen LogP contribution < -0.4 is 5.43 Å². The summed E-state index contributed by atoms with van der Waals surface area (Å²) in [5.41, 5.74) is 2.62. The quantitative estimate of drug-likeness (QED) is 0.583. The number of hydrogen-bond donors (Lipinski definition) is 1. The van der Waals surface area contributed by atoms with Crippen molar-refractivity contribution in [3.05, 3.63) is 0 Å². The molecule has 11 heavy (non-hydrogen) atoms. The third-order valence-electron chi connectivity index (χ3n) is 1.67. The Morgan fingerprint density at radius 1 is 1.73 bits per heavy atom. The molecule has 0 aromatic heterocycles. The van der Waals surface area contributed by atoms with E-state index < -0.39 is 0 Å². The van der Waals surface area contributed by atoms with Crippen LogP contribution in [0.1, 0.15) is 13.3 Å². The van der Waals surface area contributed by atoms with Crippen LogP contribution in [0.4, 0.5) is 0 Å². The van der Waals surface area contributed by atoms with Gasteiger partial charge in [-0.2, -0.15) is 0 Å². The molecular formula is C7H11N2O2. The molecule has 0 aliphatic carbocycles. The second-order valence-electron chi connectivity index (χ2n) is 2.72. The van der Waals surface area contributed by atoms with E-state index in [-0.39, 0.29) is 11.8 Å². The minimum absolute atomic E-state index is 0.0261. The highest BCUT2D eigenvalue weighted by Gasteiger charge is 2.22. The maximum absolute atomic E-state index is 10.5. The van der Waals surface area contributed by atoms with Gasteiger partial charge in [-0.1, -0.05) is 0 Å². The first-order valence-electron chi connectivity index (χ1n) is 3.62. The number of carbonyl (C=O) groups excluding carboxylic acids is 2. The molecule has 1 N–H and O–H groups in total. The van der Waals surface area contributed by atoms with E-state index in [0.717, 1.165) is 13.0 Å². The Kier molecular flexibility index (Phi) is 2.59. The number of nitrogens with zero attached hydrogens (tertiary/aromatic N) is 1. The second-order valence-corrected chi connectivity index (χ2v) is 2.72. The Labute approximate surface area is 65.5 Å². The molecule has 1 heterocycles. The third-order valence-corrected chi connectivity index (χ3v) is 1.67. The first kappa shape index (κ1) is 8.20. The molecule has 1 aliphatic heterocycles. The fraction of sp³-hybridized carbons (Fsp3) is 0.714. The predicted octanol–water partition coefficient (Wildman–Crippen LogP) is -0.531. The number of rotatable bonds is 2. The summed E-state index contributed by atoms with van der Waals surface area (Å²) in [5.74, 6) is -0.113. The van der Waals surface area contributed by atoms with Crippen molar-refractivity contribution in [3.63, 3.8) is 0 Å². The van der Waals surface area contributed by atoms with Crippen molar-refractivity contribution >= 4 is 12.2 Å². The van der Waals surface area contributed by atoms with Crippen LogP contribution in [0.3, 0.4) is 0 Å². The molecule has 4 heteroatoms. The highest BCUT2D eigenvalue weighted by atomic mass is 16.2.